The minimum absolute atomic E-state index is 0.750. The van der Waals surface area contributed by atoms with Crippen molar-refractivity contribution in [3.63, 3.8) is 0 Å². The standard InChI is InChI=1S/C18H16Cl2N2S/c19-15-7-5-14(6-8-15)17-11-22-18(23-17)12-21-10-9-13-3-1-2-4-16(13)20/h1-8,11,21H,9-10,12H2. The molecule has 2 aromatic carbocycles. The van der Waals surface area contributed by atoms with Gasteiger partial charge in [0.25, 0.3) is 0 Å². The highest BCUT2D eigenvalue weighted by Gasteiger charge is 2.05. The minimum atomic E-state index is 0.750. The summed E-state index contributed by atoms with van der Waals surface area (Å²) in [7, 11) is 0. The first-order chi connectivity index (χ1) is 11.2. The van der Waals surface area contributed by atoms with Crippen molar-refractivity contribution in [2.75, 3.05) is 6.54 Å². The van der Waals surface area contributed by atoms with Gasteiger partial charge in [-0.1, -0.05) is 53.5 Å². The molecule has 0 aliphatic carbocycles. The van der Waals surface area contributed by atoms with Gasteiger partial charge in [0.2, 0.25) is 0 Å². The molecule has 0 fully saturated rings. The number of hydrogen-bond donors (Lipinski definition) is 1. The van der Waals surface area contributed by atoms with Crippen LogP contribution in [0.4, 0.5) is 0 Å². The van der Waals surface area contributed by atoms with Gasteiger partial charge in [-0.2, -0.15) is 0 Å². The van der Waals surface area contributed by atoms with Crippen molar-refractivity contribution < 1.29 is 0 Å². The van der Waals surface area contributed by atoms with E-state index in [2.05, 4.69) is 16.4 Å². The molecular weight excluding hydrogens is 347 g/mol. The van der Waals surface area contributed by atoms with Crippen molar-refractivity contribution in [1.29, 1.82) is 0 Å². The molecule has 0 radical (unpaired) electrons. The fourth-order valence-corrected chi connectivity index (χ4v) is 3.51. The van der Waals surface area contributed by atoms with Gasteiger partial charge >= 0.3 is 0 Å². The predicted octanol–water partition coefficient (Wildman–Crippen LogP) is 5.45. The minimum Gasteiger partial charge on any atom is -0.310 e. The van der Waals surface area contributed by atoms with E-state index in [1.165, 1.54) is 5.56 Å². The Morgan fingerprint density at radius 2 is 1.78 bits per heavy atom. The fourth-order valence-electron chi connectivity index (χ4n) is 2.26. The highest BCUT2D eigenvalue weighted by molar-refractivity contribution is 7.15. The summed E-state index contributed by atoms with van der Waals surface area (Å²) in [5, 5.41) is 6.07. The number of hydrogen-bond acceptors (Lipinski definition) is 3. The molecule has 3 rings (SSSR count). The lowest BCUT2D eigenvalue weighted by Crippen LogP contribution is -2.16. The highest BCUT2D eigenvalue weighted by atomic mass is 35.5. The van der Waals surface area contributed by atoms with Crippen LogP contribution in [-0.2, 0) is 13.0 Å². The van der Waals surface area contributed by atoms with Crippen LogP contribution in [0.15, 0.2) is 54.7 Å². The Morgan fingerprint density at radius 3 is 2.57 bits per heavy atom. The Kier molecular flexibility index (Phi) is 5.68. The molecule has 0 amide bonds. The molecule has 1 aromatic heterocycles. The van der Waals surface area contributed by atoms with Crippen molar-refractivity contribution >= 4 is 34.5 Å². The molecule has 1 N–H and O–H groups in total. The zero-order chi connectivity index (χ0) is 16.1. The molecule has 2 nitrogen and oxygen atoms in total. The molecule has 0 unspecified atom stereocenters. The largest absolute Gasteiger partial charge is 0.310 e. The topological polar surface area (TPSA) is 24.9 Å². The van der Waals surface area contributed by atoms with E-state index in [0.29, 0.717) is 0 Å². The molecule has 3 aromatic rings. The monoisotopic (exact) mass is 362 g/mol. The molecule has 0 atom stereocenters. The quantitative estimate of drug-likeness (QED) is 0.589. The van der Waals surface area contributed by atoms with Gasteiger partial charge in [0, 0.05) is 22.8 Å². The molecule has 0 aliphatic heterocycles. The molecule has 118 valence electrons. The van der Waals surface area contributed by atoms with Crippen molar-refractivity contribution in [3.05, 3.63) is 75.3 Å². The van der Waals surface area contributed by atoms with E-state index in [1.54, 1.807) is 11.3 Å². The molecule has 0 aliphatic rings. The summed E-state index contributed by atoms with van der Waals surface area (Å²) in [5.74, 6) is 0. The second-order valence-electron chi connectivity index (χ2n) is 5.14. The van der Waals surface area contributed by atoms with Gasteiger partial charge in [0.1, 0.15) is 5.01 Å². The van der Waals surface area contributed by atoms with Crippen molar-refractivity contribution in [2.24, 2.45) is 0 Å². The molecule has 23 heavy (non-hydrogen) atoms. The molecule has 1 heterocycles. The second kappa shape index (κ2) is 7.93. The fraction of sp³-hybridized carbons (Fsp3) is 0.167. The zero-order valence-electron chi connectivity index (χ0n) is 12.4. The number of rotatable bonds is 6. The molecule has 0 spiro atoms. The van der Waals surface area contributed by atoms with Crippen LogP contribution in [-0.4, -0.2) is 11.5 Å². The molecular formula is C18H16Cl2N2S. The third-order valence-corrected chi connectivity index (χ3v) is 5.15. The van der Waals surface area contributed by atoms with Gasteiger partial charge in [-0.15, -0.1) is 11.3 Å². The van der Waals surface area contributed by atoms with Crippen LogP contribution in [0.3, 0.4) is 0 Å². The summed E-state index contributed by atoms with van der Waals surface area (Å²) < 4.78 is 0. The van der Waals surface area contributed by atoms with E-state index in [-0.39, 0.29) is 0 Å². The molecule has 0 bridgehead atoms. The van der Waals surface area contributed by atoms with E-state index in [9.17, 15) is 0 Å². The molecule has 0 saturated carbocycles. The van der Waals surface area contributed by atoms with E-state index < -0.39 is 0 Å². The van der Waals surface area contributed by atoms with Gasteiger partial charge in [-0.3, -0.25) is 0 Å². The Labute approximate surface area is 150 Å². The Bertz CT molecular complexity index is 769. The number of benzene rings is 2. The summed E-state index contributed by atoms with van der Waals surface area (Å²) in [4.78, 5) is 5.63. The normalized spacial score (nSPS) is 10.9. The van der Waals surface area contributed by atoms with E-state index in [0.717, 1.165) is 45.0 Å². The third-order valence-electron chi connectivity index (χ3n) is 3.49. The average molecular weight is 363 g/mol. The lowest BCUT2D eigenvalue weighted by atomic mass is 10.1. The smallest absolute Gasteiger partial charge is 0.107 e. The maximum absolute atomic E-state index is 6.15. The SMILES string of the molecule is Clc1ccc(-c2cnc(CNCCc3ccccc3Cl)s2)cc1. The van der Waals surface area contributed by atoms with Gasteiger partial charge in [0.15, 0.2) is 0 Å². The molecule has 0 saturated heterocycles. The summed E-state index contributed by atoms with van der Waals surface area (Å²) in [6, 6.07) is 15.8. The first kappa shape index (κ1) is 16.5. The van der Waals surface area contributed by atoms with Crippen molar-refractivity contribution in [1.82, 2.24) is 10.3 Å². The zero-order valence-corrected chi connectivity index (χ0v) is 14.8. The van der Waals surface area contributed by atoms with Crippen LogP contribution >= 0.6 is 34.5 Å². The number of nitrogens with zero attached hydrogens (tertiary/aromatic N) is 1. The number of aromatic nitrogens is 1. The van der Waals surface area contributed by atoms with Crippen molar-refractivity contribution in [2.45, 2.75) is 13.0 Å². The van der Waals surface area contributed by atoms with Crippen LogP contribution in [0, 0.1) is 0 Å². The van der Waals surface area contributed by atoms with E-state index in [1.807, 2.05) is 48.7 Å². The van der Waals surface area contributed by atoms with E-state index >= 15 is 0 Å². The Hall–Kier alpha value is -1.39. The average Bonchev–Trinajstić information content (AvgIpc) is 3.03. The van der Waals surface area contributed by atoms with Crippen LogP contribution in [0.25, 0.3) is 10.4 Å². The van der Waals surface area contributed by atoms with Crippen LogP contribution < -0.4 is 5.32 Å². The van der Waals surface area contributed by atoms with Gasteiger partial charge in [-0.05, 0) is 42.3 Å². The van der Waals surface area contributed by atoms with Crippen LogP contribution in [0.5, 0.6) is 0 Å². The maximum atomic E-state index is 6.15. The van der Waals surface area contributed by atoms with Crippen molar-refractivity contribution in [3.8, 4) is 10.4 Å². The van der Waals surface area contributed by atoms with Crippen LogP contribution in [0.2, 0.25) is 10.0 Å². The summed E-state index contributed by atoms with van der Waals surface area (Å²) in [5.41, 5.74) is 2.32. The second-order valence-corrected chi connectivity index (χ2v) is 7.10. The Balaban J connectivity index is 1.52. The molecule has 5 heteroatoms. The lowest BCUT2D eigenvalue weighted by molar-refractivity contribution is 0.684. The number of nitrogens with one attached hydrogen (secondary N) is 1. The van der Waals surface area contributed by atoms with E-state index in [4.69, 9.17) is 23.2 Å². The third kappa shape index (κ3) is 4.55. The number of halogens is 2. The predicted molar refractivity (Wildman–Crippen MR) is 99.4 cm³/mol. The maximum Gasteiger partial charge on any atom is 0.107 e. The Morgan fingerprint density at radius 1 is 1.00 bits per heavy atom. The summed E-state index contributed by atoms with van der Waals surface area (Å²) in [6.07, 6.45) is 2.83. The van der Waals surface area contributed by atoms with Gasteiger partial charge < -0.3 is 5.32 Å². The summed E-state index contributed by atoms with van der Waals surface area (Å²) in [6.45, 7) is 1.64. The highest BCUT2D eigenvalue weighted by Crippen LogP contribution is 2.27. The van der Waals surface area contributed by atoms with Gasteiger partial charge in [-0.25, -0.2) is 4.98 Å². The lowest BCUT2D eigenvalue weighted by Gasteiger charge is -2.04. The number of thiazole rings is 1. The first-order valence-electron chi connectivity index (χ1n) is 7.37. The van der Waals surface area contributed by atoms with Crippen LogP contribution in [0.1, 0.15) is 10.6 Å². The first-order valence-corrected chi connectivity index (χ1v) is 8.94. The van der Waals surface area contributed by atoms with Gasteiger partial charge in [0.05, 0.1) is 4.88 Å². The summed E-state index contributed by atoms with van der Waals surface area (Å²) >= 11 is 13.8.